The van der Waals surface area contributed by atoms with Crippen molar-refractivity contribution in [1.29, 1.82) is 0 Å². The van der Waals surface area contributed by atoms with Crippen LogP contribution in [-0.4, -0.2) is 32.8 Å². The second kappa shape index (κ2) is 9.94. The molecule has 1 amide bonds. The van der Waals surface area contributed by atoms with E-state index in [9.17, 15) is 4.79 Å². The van der Waals surface area contributed by atoms with Crippen molar-refractivity contribution < 1.29 is 9.21 Å². The number of thioether (sulfide) groups is 1. The Balaban J connectivity index is 1.60. The molecule has 0 aliphatic rings. The molecule has 5 nitrogen and oxygen atoms in total. The Morgan fingerprint density at radius 2 is 1.86 bits per heavy atom. The summed E-state index contributed by atoms with van der Waals surface area (Å²) in [6, 6.07) is 15.7. The van der Waals surface area contributed by atoms with E-state index < -0.39 is 0 Å². The Kier molecular flexibility index (Phi) is 7.34. The highest BCUT2D eigenvalue weighted by Crippen LogP contribution is 2.26. The normalized spacial score (nSPS) is 11.1. The molecular formula is C22H24ClN3O2S. The summed E-state index contributed by atoms with van der Waals surface area (Å²) in [6.45, 7) is 6.30. The van der Waals surface area contributed by atoms with Gasteiger partial charge in [-0.1, -0.05) is 53.6 Å². The third-order valence-electron chi connectivity index (χ3n) is 4.44. The quantitative estimate of drug-likeness (QED) is 0.481. The smallest absolute Gasteiger partial charge is 0.249 e. The lowest BCUT2D eigenvalue weighted by molar-refractivity contribution is -0.131. The third-order valence-corrected chi connectivity index (χ3v) is 5.75. The Morgan fingerprint density at radius 3 is 2.55 bits per heavy atom. The Hall–Kier alpha value is -2.31. The number of aryl methyl sites for hydroxylation is 1. The number of hydrogen-bond donors (Lipinski definition) is 0. The maximum atomic E-state index is 12.8. The van der Waals surface area contributed by atoms with Crippen molar-refractivity contribution in [2.24, 2.45) is 0 Å². The van der Waals surface area contributed by atoms with Crippen molar-refractivity contribution in [3.63, 3.8) is 0 Å². The van der Waals surface area contributed by atoms with Gasteiger partial charge in [0.1, 0.15) is 0 Å². The van der Waals surface area contributed by atoms with Gasteiger partial charge in [-0.05, 0) is 38.5 Å². The minimum Gasteiger partial charge on any atom is -0.419 e. The van der Waals surface area contributed by atoms with Gasteiger partial charge < -0.3 is 9.32 Å². The summed E-state index contributed by atoms with van der Waals surface area (Å²) in [6.07, 6.45) is 0. The molecular weight excluding hydrogens is 406 g/mol. The number of aromatic nitrogens is 2. The molecule has 0 fully saturated rings. The fourth-order valence-electron chi connectivity index (χ4n) is 2.79. The highest BCUT2D eigenvalue weighted by Gasteiger charge is 2.21. The summed E-state index contributed by atoms with van der Waals surface area (Å²) in [5.41, 5.74) is 3.13. The highest BCUT2D eigenvalue weighted by molar-refractivity contribution is 7.99. The Morgan fingerprint density at radius 1 is 1.14 bits per heavy atom. The van der Waals surface area contributed by atoms with Gasteiger partial charge in [0, 0.05) is 11.8 Å². The number of carbonyl (C=O) groups is 1. The standard InChI is InChI=1S/C22H24ClN3O2S/c1-15(2)26(21(27)14-29-13-17-10-8-16(3)9-11-17)12-20-24-25-22(28-20)18-6-4-5-7-19(18)23/h4-11,15H,12-14H2,1-3H3. The zero-order valence-corrected chi connectivity index (χ0v) is 18.3. The maximum Gasteiger partial charge on any atom is 0.249 e. The predicted octanol–water partition coefficient (Wildman–Crippen LogP) is 5.37. The second-order valence-electron chi connectivity index (χ2n) is 7.07. The van der Waals surface area contributed by atoms with Crippen LogP contribution in [0.15, 0.2) is 52.9 Å². The lowest BCUT2D eigenvalue weighted by atomic mass is 10.2. The van der Waals surface area contributed by atoms with Gasteiger partial charge in [-0.3, -0.25) is 4.79 Å². The topological polar surface area (TPSA) is 59.2 Å². The van der Waals surface area contributed by atoms with Crippen LogP contribution in [0, 0.1) is 6.92 Å². The Labute approximate surface area is 180 Å². The molecule has 2 aromatic carbocycles. The van der Waals surface area contributed by atoms with E-state index in [2.05, 4.69) is 41.4 Å². The van der Waals surface area contributed by atoms with Crippen molar-refractivity contribution in [2.75, 3.05) is 5.75 Å². The van der Waals surface area contributed by atoms with Gasteiger partial charge in [0.05, 0.1) is 22.9 Å². The van der Waals surface area contributed by atoms with Crippen LogP contribution in [0.5, 0.6) is 0 Å². The lowest BCUT2D eigenvalue weighted by Crippen LogP contribution is -2.37. The molecule has 152 valence electrons. The van der Waals surface area contributed by atoms with Crippen molar-refractivity contribution in [3.05, 3.63) is 70.6 Å². The molecule has 0 spiro atoms. The fourth-order valence-corrected chi connectivity index (χ4v) is 3.88. The van der Waals surface area contributed by atoms with Crippen molar-refractivity contribution >= 4 is 29.3 Å². The zero-order valence-electron chi connectivity index (χ0n) is 16.8. The monoisotopic (exact) mass is 429 g/mol. The van der Waals surface area contributed by atoms with Crippen LogP contribution >= 0.6 is 23.4 Å². The summed E-state index contributed by atoms with van der Waals surface area (Å²) in [5, 5.41) is 8.73. The first-order valence-corrected chi connectivity index (χ1v) is 11.0. The highest BCUT2D eigenvalue weighted by atomic mass is 35.5. The third kappa shape index (κ3) is 5.84. The zero-order chi connectivity index (χ0) is 20.8. The maximum absolute atomic E-state index is 12.8. The molecule has 0 atom stereocenters. The first-order valence-electron chi connectivity index (χ1n) is 9.44. The average Bonchev–Trinajstić information content (AvgIpc) is 3.16. The van der Waals surface area contributed by atoms with Crippen LogP contribution in [0.4, 0.5) is 0 Å². The number of halogens is 1. The summed E-state index contributed by atoms with van der Waals surface area (Å²) < 4.78 is 5.76. The number of benzene rings is 2. The molecule has 7 heteroatoms. The molecule has 0 saturated carbocycles. The van der Waals surface area contributed by atoms with E-state index in [1.807, 2.05) is 32.0 Å². The van der Waals surface area contributed by atoms with Gasteiger partial charge in [-0.15, -0.1) is 22.0 Å². The SMILES string of the molecule is Cc1ccc(CSCC(=O)N(Cc2nnc(-c3ccccc3Cl)o2)C(C)C)cc1. The first kappa shape index (κ1) is 21.4. The number of hydrogen-bond acceptors (Lipinski definition) is 5. The van der Waals surface area contributed by atoms with Crippen molar-refractivity contribution in [3.8, 4) is 11.5 Å². The van der Waals surface area contributed by atoms with Crippen molar-refractivity contribution in [2.45, 2.75) is 39.1 Å². The van der Waals surface area contributed by atoms with Crippen LogP contribution in [0.2, 0.25) is 5.02 Å². The van der Waals surface area contributed by atoms with Crippen LogP contribution in [-0.2, 0) is 17.1 Å². The van der Waals surface area contributed by atoms with Crippen LogP contribution in [0.25, 0.3) is 11.5 Å². The molecule has 0 N–H and O–H groups in total. The van der Waals surface area contributed by atoms with Crippen LogP contribution in [0.1, 0.15) is 30.9 Å². The minimum atomic E-state index is 0.0261. The summed E-state index contributed by atoms with van der Waals surface area (Å²) >= 11 is 7.80. The summed E-state index contributed by atoms with van der Waals surface area (Å²) in [4.78, 5) is 14.5. The van der Waals surface area contributed by atoms with Gasteiger partial charge in [-0.2, -0.15) is 0 Å². The van der Waals surface area contributed by atoms with E-state index in [0.29, 0.717) is 28.1 Å². The van der Waals surface area contributed by atoms with Gasteiger partial charge in [-0.25, -0.2) is 0 Å². The van der Waals surface area contributed by atoms with E-state index >= 15 is 0 Å². The van der Waals surface area contributed by atoms with Gasteiger partial charge in [0.25, 0.3) is 0 Å². The van der Waals surface area contributed by atoms with E-state index in [1.54, 1.807) is 22.7 Å². The number of amides is 1. The largest absolute Gasteiger partial charge is 0.419 e. The first-order chi connectivity index (χ1) is 13.9. The molecule has 0 aliphatic carbocycles. The molecule has 3 aromatic rings. The molecule has 0 unspecified atom stereocenters. The number of carbonyl (C=O) groups excluding carboxylic acids is 1. The Bertz CT molecular complexity index is 957. The molecule has 29 heavy (non-hydrogen) atoms. The predicted molar refractivity (Wildman–Crippen MR) is 118 cm³/mol. The summed E-state index contributed by atoms with van der Waals surface area (Å²) in [7, 11) is 0. The molecule has 3 rings (SSSR count). The van der Waals surface area contributed by atoms with Crippen LogP contribution in [0.3, 0.4) is 0 Å². The molecule has 0 aliphatic heterocycles. The molecule has 0 radical (unpaired) electrons. The number of nitrogens with zero attached hydrogens (tertiary/aromatic N) is 3. The molecule has 1 aromatic heterocycles. The molecule has 0 bridgehead atoms. The van der Waals surface area contributed by atoms with Crippen LogP contribution < -0.4 is 0 Å². The van der Waals surface area contributed by atoms with E-state index in [4.69, 9.17) is 16.0 Å². The average molecular weight is 430 g/mol. The van der Waals surface area contributed by atoms with Gasteiger partial charge in [0.2, 0.25) is 17.7 Å². The number of rotatable bonds is 8. The van der Waals surface area contributed by atoms with Crippen molar-refractivity contribution in [1.82, 2.24) is 15.1 Å². The van der Waals surface area contributed by atoms with Gasteiger partial charge >= 0.3 is 0 Å². The molecule has 1 heterocycles. The summed E-state index contributed by atoms with van der Waals surface area (Å²) in [5.74, 6) is 2.00. The van der Waals surface area contributed by atoms with E-state index in [0.717, 1.165) is 5.75 Å². The second-order valence-corrected chi connectivity index (χ2v) is 8.47. The minimum absolute atomic E-state index is 0.0261. The molecule has 0 saturated heterocycles. The van der Waals surface area contributed by atoms with Gasteiger partial charge in [0.15, 0.2) is 0 Å². The lowest BCUT2D eigenvalue weighted by Gasteiger charge is -2.25. The fraction of sp³-hybridized carbons (Fsp3) is 0.318. The van der Waals surface area contributed by atoms with E-state index in [-0.39, 0.29) is 18.5 Å². The van der Waals surface area contributed by atoms with E-state index in [1.165, 1.54) is 11.1 Å².